The fraction of sp³-hybridized carbons (Fsp3) is 0.300. The smallest absolute Gasteiger partial charge is 0.269 e. The Morgan fingerprint density at radius 1 is 1.23 bits per heavy atom. The molecule has 0 saturated heterocycles. The molecule has 2 aromatic carbocycles. The van der Waals surface area contributed by atoms with Gasteiger partial charge in [0.25, 0.3) is 5.69 Å². The third-order valence-corrected chi connectivity index (χ3v) is 6.01. The maximum atomic E-state index is 12.9. The summed E-state index contributed by atoms with van der Waals surface area (Å²) < 4.78 is 1.66. The van der Waals surface area contributed by atoms with Crippen molar-refractivity contribution in [3.8, 4) is 5.69 Å². The van der Waals surface area contributed by atoms with Gasteiger partial charge < -0.3 is 4.90 Å². The van der Waals surface area contributed by atoms with Crippen LogP contribution in [-0.2, 0) is 11.2 Å². The number of carbonyl (C=O) groups is 1. The van der Waals surface area contributed by atoms with Crippen LogP contribution in [-0.4, -0.2) is 43.3 Å². The summed E-state index contributed by atoms with van der Waals surface area (Å²) >= 11 is 1.28. The lowest BCUT2D eigenvalue weighted by Gasteiger charge is -2.29. The second-order valence-electron chi connectivity index (χ2n) is 7.12. The number of fused-ring (bicyclic) bond motifs is 1. The second kappa shape index (κ2) is 8.23. The zero-order chi connectivity index (χ0) is 21.3. The third kappa shape index (κ3) is 3.78. The average Bonchev–Trinajstić information content (AvgIpc) is 3.19. The van der Waals surface area contributed by atoms with E-state index in [0.29, 0.717) is 11.7 Å². The lowest BCUT2D eigenvalue weighted by atomic mass is 10.0. The SMILES string of the molecule is Cc1cccc(C)c1-n1nnnc1SCC(=O)N1CCCc2cc([N+](=O)[O-])ccc21. The molecular formula is C20H20N6O3S. The van der Waals surface area contributed by atoms with E-state index in [9.17, 15) is 14.9 Å². The van der Waals surface area contributed by atoms with Gasteiger partial charge in [0.05, 0.1) is 16.4 Å². The molecule has 9 nitrogen and oxygen atoms in total. The first-order valence-electron chi connectivity index (χ1n) is 9.51. The highest BCUT2D eigenvalue weighted by molar-refractivity contribution is 7.99. The molecular weight excluding hydrogens is 404 g/mol. The molecule has 0 bridgehead atoms. The number of aryl methyl sites for hydroxylation is 3. The molecule has 0 spiro atoms. The number of nitro groups is 1. The summed E-state index contributed by atoms with van der Waals surface area (Å²) in [4.78, 5) is 25.3. The number of anilines is 1. The predicted octanol–water partition coefficient (Wildman–Crippen LogP) is 3.26. The molecule has 0 radical (unpaired) electrons. The second-order valence-corrected chi connectivity index (χ2v) is 8.06. The van der Waals surface area contributed by atoms with Crippen LogP contribution in [0.4, 0.5) is 11.4 Å². The van der Waals surface area contributed by atoms with Crippen LogP contribution in [0.15, 0.2) is 41.6 Å². The first kappa shape index (κ1) is 20.0. The Balaban J connectivity index is 1.53. The molecule has 1 aromatic heterocycles. The Hall–Kier alpha value is -3.27. The van der Waals surface area contributed by atoms with Gasteiger partial charge in [0.15, 0.2) is 0 Å². The fourth-order valence-corrected chi connectivity index (χ4v) is 4.46. The summed E-state index contributed by atoms with van der Waals surface area (Å²) in [5.41, 5.74) is 4.61. The van der Waals surface area contributed by atoms with E-state index < -0.39 is 4.92 Å². The molecule has 0 atom stereocenters. The summed E-state index contributed by atoms with van der Waals surface area (Å²) in [6.45, 7) is 4.58. The van der Waals surface area contributed by atoms with Gasteiger partial charge in [-0.1, -0.05) is 30.0 Å². The van der Waals surface area contributed by atoms with Crippen LogP contribution in [0.3, 0.4) is 0 Å². The Morgan fingerprint density at radius 2 is 2.00 bits per heavy atom. The predicted molar refractivity (Wildman–Crippen MR) is 113 cm³/mol. The number of nitro benzene ring substituents is 1. The van der Waals surface area contributed by atoms with Gasteiger partial charge in [-0.3, -0.25) is 14.9 Å². The Kier molecular flexibility index (Phi) is 5.49. The normalized spacial score (nSPS) is 13.2. The molecule has 0 fully saturated rings. The van der Waals surface area contributed by atoms with Crippen molar-refractivity contribution in [2.24, 2.45) is 0 Å². The van der Waals surface area contributed by atoms with Crippen LogP contribution >= 0.6 is 11.8 Å². The first-order chi connectivity index (χ1) is 14.5. The fourth-order valence-electron chi connectivity index (χ4n) is 3.71. The highest BCUT2D eigenvalue weighted by Crippen LogP contribution is 2.31. The van der Waals surface area contributed by atoms with Gasteiger partial charge in [-0.05, 0) is 59.9 Å². The van der Waals surface area contributed by atoms with Crippen LogP contribution in [0.2, 0.25) is 0 Å². The Morgan fingerprint density at radius 3 is 2.73 bits per heavy atom. The van der Waals surface area contributed by atoms with Gasteiger partial charge in [-0.15, -0.1) is 5.10 Å². The number of rotatable bonds is 5. The van der Waals surface area contributed by atoms with E-state index in [1.165, 1.54) is 17.8 Å². The van der Waals surface area contributed by atoms with E-state index in [0.717, 1.165) is 40.9 Å². The van der Waals surface area contributed by atoms with Gasteiger partial charge >= 0.3 is 0 Å². The summed E-state index contributed by atoms with van der Waals surface area (Å²) in [6, 6.07) is 10.6. The largest absolute Gasteiger partial charge is 0.311 e. The van der Waals surface area contributed by atoms with Crippen molar-refractivity contribution >= 4 is 29.0 Å². The third-order valence-electron chi connectivity index (χ3n) is 5.11. The van der Waals surface area contributed by atoms with Crippen LogP contribution in [0, 0.1) is 24.0 Å². The van der Waals surface area contributed by atoms with Crippen LogP contribution in [0.25, 0.3) is 5.69 Å². The number of nitrogens with zero attached hydrogens (tertiary/aromatic N) is 6. The van der Waals surface area contributed by atoms with E-state index >= 15 is 0 Å². The zero-order valence-electron chi connectivity index (χ0n) is 16.6. The number of para-hydroxylation sites is 1. The highest BCUT2D eigenvalue weighted by atomic mass is 32.2. The molecule has 2 heterocycles. The molecule has 0 aliphatic carbocycles. The summed E-state index contributed by atoms with van der Waals surface area (Å²) in [5.74, 6) is 0.0905. The molecule has 0 N–H and O–H groups in total. The first-order valence-corrected chi connectivity index (χ1v) is 10.5. The van der Waals surface area contributed by atoms with E-state index in [1.807, 2.05) is 32.0 Å². The minimum Gasteiger partial charge on any atom is -0.311 e. The summed E-state index contributed by atoms with van der Waals surface area (Å²) in [5, 5.41) is 23.6. The number of aromatic nitrogens is 4. The van der Waals surface area contributed by atoms with Crippen molar-refractivity contribution in [2.45, 2.75) is 31.8 Å². The van der Waals surface area contributed by atoms with Crippen molar-refractivity contribution in [3.05, 3.63) is 63.2 Å². The number of benzene rings is 2. The van der Waals surface area contributed by atoms with Crippen LogP contribution < -0.4 is 4.90 Å². The number of hydrogen-bond acceptors (Lipinski definition) is 7. The molecule has 0 unspecified atom stereocenters. The van der Waals surface area contributed by atoms with Gasteiger partial charge in [0.2, 0.25) is 11.1 Å². The summed E-state index contributed by atoms with van der Waals surface area (Å²) in [7, 11) is 0. The van der Waals surface area contributed by atoms with Crippen molar-refractivity contribution in [2.75, 3.05) is 17.2 Å². The monoisotopic (exact) mass is 424 g/mol. The van der Waals surface area contributed by atoms with E-state index in [-0.39, 0.29) is 17.3 Å². The van der Waals surface area contributed by atoms with Crippen LogP contribution in [0.1, 0.15) is 23.1 Å². The maximum absolute atomic E-state index is 12.9. The van der Waals surface area contributed by atoms with E-state index in [4.69, 9.17) is 0 Å². The number of tetrazole rings is 1. The highest BCUT2D eigenvalue weighted by Gasteiger charge is 2.25. The molecule has 3 aromatic rings. The molecule has 1 aliphatic rings. The van der Waals surface area contributed by atoms with Crippen LogP contribution in [0.5, 0.6) is 0 Å². The molecule has 154 valence electrons. The van der Waals surface area contributed by atoms with Crippen molar-refractivity contribution in [1.82, 2.24) is 20.2 Å². The number of hydrogen-bond donors (Lipinski definition) is 0. The van der Waals surface area contributed by atoms with Gasteiger partial charge in [0.1, 0.15) is 0 Å². The summed E-state index contributed by atoms with van der Waals surface area (Å²) in [6.07, 6.45) is 1.49. The quantitative estimate of drug-likeness (QED) is 0.351. The van der Waals surface area contributed by atoms with Crippen molar-refractivity contribution in [1.29, 1.82) is 0 Å². The molecule has 1 aliphatic heterocycles. The number of non-ortho nitro benzene ring substituents is 1. The average molecular weight is 424 g/mol. The molecule has 10 heteroatoms. The molecule has 0 saturated carbocycles. The number of amides is 1. The van der Waals surface area contributed by atoms with Crippen molar-refractivity contribution < 1.29 is 9.72 Å². The minimum absolute atomic E-state index is 0.0465. The Labute approximate surface area is 177 Å². The lowest BCUT2D eigenvalue weighted by Crippen LogP contribution is -2.36. The van der Waals surface area contributed by atoms with Gasteiger partial charge in [-0.25, -0.2) is 0 Å². The minimum atomic E-state index is -0.412. The number of carbonyl (C=O) groups excluding carboxylic acids is 1. The van der Waals surface area contributed by atoms with Gasteiger partial charge in [0, 0.05) is 24.4 Å². The van der Waals surface area contributed by atoms with Crippen molar-refractivity contribution in [3.63, 3.8) is 0 Å². The topological polar surface area (TPSA) is 107 Å². The molecule has 1 amide bonds. The maximum Gasteiger partial charge on any atom is 0.269 e. The lowest BCUT2D eigenvalue weighted by molar-refractivity contribution is -0.384. The van der Waals surface area contributed by atoms with E-state index in [2.05, 4.69) is 15.5 Å². The molecule has 30 heavy (non-hydrogen) atoms. The zero-order valence-corrected chi connectivity index (χ0v) is 17.4. The molecule has 4 rings (SSSR count). The number of thioether (sulfide) groups is 1. The van der Waals surface area contributed by atoms with Gasteiger partial charge in [-0.2, -0.15) is 4.68 Å². The standard InChI is InChI=1S/C20H20N6O3S/c1-13-5-3-6-14(2)19(13)25-20(21-22-23-25)30-12-18(27)24-10-4-7-15-11-16(26(28)29)8-9-17(15)24/h3,5-6,8-9,11H,4,7,10,12H2,1-2H3. The Bertz CT molecular complexity index is 1110. The van der Waals surface area contributed by atoms with E-state index in [1.54, 1.807) is 21.7 Å².